The van der Waals surface area contributed by atoms with Crippen LogP contribution in [0.3, 0.4) is 0 Å². The molecule has 5 heavy (non-hydrogen) atoms. The Morgan fingerprint density at radius 3 is 0.800 bits per heavy atom. The van der Waals surface area contributed by atoms with Gasteiger partial charge in [-0.05, 0) is 0 Å². The topological polar surface area (TPSA) is 0 Å². The summed E-state index contributed by atoms with van der Waals surface area (Å²) >= 11 is 0. The van der Waals surface area contributed by atoms with Crippen LogP contribution in [0.5, 0.6) is 0 Å². The van der Waals surface area contributed by atoms with Crippen LogP contribution in [0, 0.1) is 49.4 Å². The van der Waals surface area contributed by atoms with Gasteiger partial charge in [-0.3, -0.25) is 0 Å². The Bertz CT molecular complexity index is 3.61. The molecule has 0 unspecified atom stereocenters. The van der Waals surface area contributed by atoms with Gasteiger partial charge < -0.3 is 13.8 Å². The van der Waals surface area contributed by atoms with Gasteiger partial charge in [0.1, 0.15) is 0 Å². The fourth-order valence-corrected chi connectivity index (χ4v) is 0. The van der Waals surface area contributed by atoms with Gasteiger partial charge in [0.2, 0.25) is 0 Å². The van der Waals surface area contributed by atoms with Gasteiger partial charge in [0, 0.05) is 35.6 Å². The number of hydrogen-bond donors (Lipinski definition) is 0. The van der Waals surface area contributed by atoms with Gasteiger partial charge in [-0.15, -0.1) is 0 Å². The first-order valence-corrected chi connectivity index (χ1v) is 1.41. The van der Waals surface area contributed by atoms with Gasteiger partial charge in [0.05, 0.1) is 0 Å². The Labute approximate surface area is 62.9 Å². The predicted molar refractivity (Wildman–Crippen MR) is 22.1 cm³/mol. The molecule has 0 aromatic heterocycles. The summed E-state index contributed by atoms with van der Waals surface area (Å²) in [4.78, 5) is 0. The summed E-state index contributed by atoms with van der Waals surface area (Å²) in [7, 11) is 0. The second-order valence-electron chi connectivity index (χ2n) is 0. The molecular formula is C4H10La-2. The minimum atomic E-state index is 0. The van der Waals surface area contributed by atoms with Crippen molar-refractivity contribution in [3.05, 3.63) is 13.8 Å². The predicted octanol–water partition coefficient (Wildman–Crippen LogP) is 1.68. The third kappa shape index (κ3) is 37.1. The third-order valence-electron chi connectivity index (χ3n) is 0. The monoisotopic (exact) mass is 197 g/mol. The number of hydrogen-bond acceptors (Lipinski definition) is 0. The van der Waals surface area contributed by atoms with Crippen molar-refractivity contribution in [3.8, 4) is 0 Å². The molecule has 1 heteroatoms. The average molecular weight is 197 g/mol. The van der Waals surface area contributed by atoms with Gasteiger partial charge >= 0.3 is 0 Å². The van der Waals surface area contributed by atoms with Crippen molar-refractivity contribution in [1.82, 2.24) is 0 Å². The van der Waals surface area contributed by atoms with E-state index >= 15 is 0 Å². The van der Waals surface area contributed by atoms with Crippen LogP contribution in [-0.4, -0.2) is 0 Å². The van der Waals surface area contributed by atoms with E-state index in [1.807, 2.05) is 0 Å². The van der Waals surface area contributed by atoms with Crippen molar-refractivity contribution in [2.24, 2.45) is 0 Å². The molecule has 0 rings (SSSR count). The molecule has 0 aromatic rings. The zero-order valence-corrected chi connectivity index (χ0v) is 7.62. The molecule has 0 nitrogen and oxygen atoms in total. The van der Waals surface area contributed by atoms with Crippen molar-refractivity contribution in [2.45, 2.75) is 13.8 Å². The van der Waals surface area contributed by atoms with E-state index in [0.29, 0.717) is 0 Å². The van der Waals surface area contributed by atoms with Crippen molar-refractivity contribution >= 4 is 0 Å². The molecule has 1 radical (unpaired) electrons. The Morgan fingerprint density at radius 1 is 0.800 bits per heavy atom. The zero-order valence-electron chi connectivity index (χ0n) is 3.99. The molecule has 0 saturated heterocycles. The summed E-state index contributed by atoms with van der Waals surface area (Å²) in [6.45, 7) is 10.0. The molecule has 0 spiro atoms. The molecule has 31 valence electrons. The maximum absolute atomic E-state index is 3.25. The smallest absolute Gasteiger partial charge is 0 e. The van der Waals surface area contributed by atoms with Crippen molar-refractivity contribution in [1.29, 1.82) is 0 Å². The number of rotatable bonds is 0. The van der Waals surface area contributed by atoms with Crippen LogP contribution in [0.2, 0.25) is 0 Å². The summed E-state index contributed by atoms with van der Waals surface area (Å²) in [6.07, 6.45) is 0. The second kappa shape index (κ2) is 64.0. The van der Waals surface area contributed by atoms with Crippen LogP contribution in [0.4, 0.5) is 0 Å². The largest absolute Gasteiger partial charge is 0.346 e. The SMILES string of the molecule is [CH2-]C.[CH2-]C.[La]. The first-order chi connectivity index (χ1) is 2.00. The van der Waals surface area contributed by atoms with Gasteiger partial charge in [-0.2, -0.15) is 13.8 Å². The van der Waals surface area contributed by atoms with Gasteiger partial charge in [-0.1, -0.05) is 0 Å². The molecule has 0 aliphatic carbocycles. The van der Waals surface area contributed by atoms with Gasteiger partial charge in [0.15, 0.2) is 0 Å². The van der Waals surface area contributed by atoms with Crippen LogP contribution < -0.4 is 0 Å². The van der Waals surface area contributed by atoms with Gasteiger partial charge in [0.25, 0.3) is 0 Å². The van der Waals surface area contributed by atoms with Crippen LogP contribution in [0.25, 0.3) is 0 Å². The summed E-state index contributed by atoms with van der Waals surface area (Å²) < 4.78 is 0. The van der Waals surface area contributed by atoms with Crippen LogP contribution in [0.15, 0.2) is 0 Å². The molecule has 0 aliphatic heterocycles. The molecule has 0 amide bonds. The van der Waals surface area contributed by atoms with Crippen LogP contribution >= 0.6 is 0 Å². The molecule has 0 N–H and O–H groups in total. The first-order valence-electron chi connectivity index (χ1n) is 1.41. The van der Waals surface area contributed by atoms with E-state index in [4.69, 9.17) is 0 Å². The standard InChI is InChI=1S/2C2H5.La/c2*1-2;/h2*1H2,2H3;/q2*-1;. The minimum Gasteiger partial charge on any atom is -0.346 e. The zero-order chi connectivity index (χ0) is 4.00. The average Bonchev–Trinajstić information content (AvgIpc) is 1.50. The fraction of sp³-hybridized carbons (Fsp3) is 0.500. The second-order valence-corrected chi connectivity index (χ2v) is 0. The van der Waals surface area contributed by atoms with Crippen molar-refractivity contribution in [3.63, 3.8) is 0 Å². The normalized spacial score (nSPS) is 2.40. The van der Waals surface area contributed by atoms with E-state index in [2.05, 4.69) is 13.8 Å². The summed E-state index contributed by atoms with van der Waals surface area (Å²) in [6, 6.07) is 0. The molecule has 0 aromatic carbocycles. The van der Waals surface area contributed by atoms with Crippen molar-refractivity contribution < 1.29 is 35.6 Å². The molecule has 0 saturated carbocycles. The molecule has 0 heterocycles. The van der Waals surface area contributed by atoms with E-state index in [-0.39, 0.29) is 35.6 Å². The van der Waals surface area contributed by atoms with E-state index in [0.717, 1.165) is 0 Å². The molecule has 0 aliphatic rings. The van der Waals surface area contributed by atoms with E-state index in [1.165, 1.54) is 0 Å². The minimum absolute atomic E-state index is 0. The third-order valence-corrected chi connectivity index (χ3v) is 0. The van der Waals surface area contributed by atoms with Crippen LogP contribution in [0.1, 0.15) is 13.8 Å². The summed E-state index contributed by atoms with van der Waals surface area (Å²) in [5.74, 6) is 0. The maximum atomic E-state index is 3.25. The molecule has 0 fully saturated rings. The molecule has 0 atom stereocenters. The Hall–Kier alpha value is 1.19. The van der Waals surface area contributed by atoms with Gasteiger partial charge in [-0.25, -0.2) is 0 Å². The van der Waals surface area contributed by atoms with Crippen molar-refractivity contribution in [2.75, 3.05) is 0 Å². The fourth-order valence-electron chi connectivity index (χ4n) is 0. The first kappa shape index (κ1) is 16.4. The van der Waals surface area contributed by atoms with E-state index < -0.39 is 0 Å². The Balaban J connectivity index is -0.0000000133. The van der Waals surface area contributed by atoms with E-state index in [9.17, 15) is 0 Å². The summed E-state index contributed by atoms with van der Waals surface area (Å²) in [5.41, 5.74) is 0. The molecule has 0 bridgehead atoms. The summed E-state index contributed by atoms with van der Waals surface area (Å²) in [5, 5.41) is 0. The Morgan fingerprint density at radius 2 is 0.800 bits per heavy atom. The maximum Gasteiger partial charge on any atom is 0 e. The Kier molecular flexibility index (Phi) is 210. The molecular weight excluding hydrogens is 187 g/mol. The van der Waals surface area contributed by atoms with E-state index in [1.54, 1.807) is 13.8 Å². The van der Waals surface area contributed by atoms with Crippen LogP contribution in [-0.2, 0) is 0 Å². The quantitative estimate of drug-likeness (QED) is 0.518.